The van der Waals surface area contributed by atoms with Crippen LogP contribution in [-0.4, -0.2) is 53.1 Å². The van der Waals surface area contributed by atoms with Gasteiger partial charge in [0.2, 0.25) is 0 Å². The molecule has 3 aliphatic heterocycles. The number of nitro groups is 1. The normalized spacial score (nSPS) is 24.6. The fraction of sp³-hybridized carbons (Fsp3) is 0.526. The molecule has 2 bridgehead atoms. The van der Waals surface area contributed by atoms with Crippen LogP contribution in [0, 0.1) is 22.0 Å². The maximum atomic E-state index is 13.0. The molecule has 8 nitrogen and oxygen atoms in total. The smallest absolute Gasteiger partial charge is 0.316 e. The zero-order chi connectivity index (χ0) is 20.4. The Bertz CT molecular complexity index is 819. The summed E-state index contributed by atoms with van der Waals surface area (Å²) in [6.07, 6.45) is 1.62. The standard InChI is InChI=1S/C19H21ClN2O6/c1-2-28-19(25)13(10-16-18(24)11-5-7-21(16)8-6-11)17(23)12-3-4-14(20)15(9-12)22(26)27/h3-4,9,11,13,16H,2,5-8,10H2,1H3. The molecule has 0 aliphatic carbocycles. The molecule has 1 aromatic rings. The van der Waals surface area contributed by atoms with Crippen molar-refractivity contribution in [2.45, 2.75) is 32.2 Å². The van der Waals surface area contributed by atoms with E-state index in [2.05, 4.69) is 0 Å². The summed E-state index contributed by atoms with van der Waals surface area (Å²) in [6.45, 7) is 3.24. The third kappa shape index (κ3) is 3.93. The van der Waals surface area contributed by atoms with Gasteiger partial charge in [-0.05, 0) is 51.4 Å². The van der Waals surface area contributed by atoms with Crippen LogP contribution in [0.3, 0.4) is 0 Å². The van der Waals surface area contributed by atoms with Crippen molar-refractivity contribution in [3.8, 4) is 0 Å². The van der Waals surface area contributed by atoms with Crippen molar-refractivity contribution < 1.29 is 24.0 Å². The van der Waals surface area contributed by atoms with Gasteiger partial charge in [-0.25, -0.2) is 0 Å². The van der Waals surface area contributed by atoms with Gasteiger partial charge >= 0.3 is 5.97 Å². The third-order valence-corrected chi connectivity index (χ3v) is 5.79. The van der Waals surface area contributed by atoms with Gasteiger partial charge in [0, 0.05) is 17.5 Å². The highest BCUT2D eigenvalue weighted by Gasteiger charge is 2.44. The molecule has 3 saturated heterocycles. The second-order valence-electron chi connectivity index (χ2n) is 7.06. The van der Waals surface area contributed by atoms with E-state index in [0.717, 1.165) is 32.0 Å². The number of Topliss-reactive ketones (excluding diaryl/α,β-unsaturated/α-hetero) is 2. The molecule has 0 spiro atoms. The molecule has 0 N–H and O–H groups in total. The average Bonchev–Trinajstić information content (AvgIpc) is 2.68. The zero-order valence-electron chi connectivity index (χ0n) is 15.4. The van der Waals surface area contributed by atoms with Crippen LogP contribution >= 0.6 is 11.6 Å². The van der Waals surface area contributed by atoms with Gasteiger partial charge in [-0.15, -0.1) is 0 Å². The zero-order valence-corrected chi connectivity index (χ0v) is 16.2. The molecule has 0 aromatic heterocycles. The molecule has 0 saturated carbocycles. The number of benzene rings is 1. The highest BCUT2D eigenvalue weighted by atomic mass is 35.5. The van der Waals surface area contributed by atoms with Crippen LogP contribution in [0.15, 0.2) is 18.2 Å². The van der Waals surface area contributed by atoms with Crippen LogP contribution in [0.1, 0.15) is 36.5 Å². The quantitative estimate of drug-likeness (QED) is 0.224. The lowest BCUT2D eigenvalue weighted by atomic mass is 9.78. The fourth-order valence-corrected chi connectivity index (χ4v) is 4.18. The lowest BCUT2D eigenvalue weighted by Gasteiger charge is -2.44. The minimum Gasteiger partial charge on any atom is -0.465 e. The van der Waals surface area contributed by atoms with Crippen molar-refractivity contribution >= 4 is 34.8 Å². The first-order valence-electron chi connectivity index (χ1n) is 9.26. The summed E-state index contributed by atoms with van der Waals surface area (Å²) in [4.78, 5) is 50.6. The first kappa shape index (κ1) is 20.4. The number of nitro benzene ring substituents is 1. The van der Waals surface area contributed by atoms with Crippen LogP contribution in [0.5, 0.6) is 0 Å². The van der Waals surface area contributed by atoms with Crippen LogP contribution in [-0.2, 0) is 14.3 Å². The number of ether oxygens (including phenoxy) is 1. The maximum Gasteiger partial charge on any atom is 0.316 e. The van der Waals surface area contributed by atoms with E-state index in [9.17, 15) is 24.5 Å². The Balaban J connectivity index is 1.89. The van der Waals surface area contributed by atoms with E-state index >= 15 is 0 Å². The van der Waals surface area contributed by atoms with Gasteiger partial charge < -0.3 is 4.74 Å². The molecule has 3 aliphatic rings. The van der Waals surface area contributed by atoms with E-state index in [-0.39, 0.29) is 35.3 Å². The number of piperidine rings is 3. The number of fused-ring (bicyclic) bond motifs is 3. The number of ketones is 2. The molecular formula is C19H21ClN2O6. The van der Waals surface area contributed by atoms with Gasteiger partial charge in [-0.2, -0.15) is 0 Å². The molecule has 2 unspecified atom stereocenters. The average molecular weight is 409 g/mol. The summed E-state index contributed by atoms with van der Waals surface area (Å²) in [7, 11) is 0. The van der Waals surface area contributed by atoms with Crippen molar-refractivity contribution in [3.05, 3.63) is 38.9 Å². The van der Waals surface area contributed by atoms with Crippen LogP contribution in [0.4, 0.5) is 5.69 Å². The number of carbonyl (C=O) groups is 3. The Labute approximate surface area is 166 Å². The van der Waals surface area contributed by atoms with Gasteiger partial charge in [-0.1, -0.05) is 11.6 Å². The predicted octanol–water partition coefficient (Wildman–Crippen LogP) is 2.66. The summed E-state index contributed by atoms with van der Waals surface area (Å²) >= 11 is 5.81. The van der Waals surface area contributed by atoms with E-state index in [1.807, 2.05) is 4.90 Å². The van der Waals surface area contributed by atoms with Gasteiger partial charge in [-0.3, -0.25) is 29.4 Å². The Morgan fingerprint density at radius 3 is 2.61 bits per heavy atom. The molecule has 4 rings (SSSR count). The van der Waals surface area contributed by atoms with Crippen LogP contribution in [0.25, 0.3) is 0 Å². The lowest BCUT2D eigenvalue weighted by molar-refractivity contribution is -0.384. The first-order chi connectivity index (χ1) is 13.3. The van der Waals surface area contributed by atoms with Crippen LogP contribution in [0.2, 0.25) is 5.02 Å². The Kier molecular flexibility index (Phi) is 6.10. The van der Waals surface area contributed by atoms with E-state index in [4.69, 9.17) is 16.3 Å². The summed E-state index contributed by atoms with van der Waals surface area (Å²) in [6, 6.07) is 3.16. The molecule has 9 heteroatoms. The topological polar surface area (TPSA) is 107 Å². The van der Waals surface area contributed by atoms with Crippen molar-refractivity contribution in [1.29, 1.82) is 0 Å². The Morgan fingerprint density at radius 2 is 2.04 bits per heavy atom. The van der Waals surface area contributed by atoms with E-state index < -0.39 is 34.3 Å². The number of carbonyl (C=O) groups excluding carboxylic acids is 3. The Hall–Kier alpha value is -2.32. The summed E-state index contributed by atoms with van der Waals surface area (Å²) in [5.41, 5.74) is -0.413. The minimum atomic E-state index is -1.20. The third-order valence-electron chi connectivity index (χ3n) is 5.48. The maximum absolute atomic E-state index is 13.0. The number of hydrogen-bond acceptors (Lipinski definition) is 7. The van der Waals surface area contributed by atoms with E-state index in [1.54, 1.807) is 6.92 Å². The molecule has 1 aromatic carbocycles. The number of esters is 1. The monoisotopic (exact) mass is 408 g/mol. The molecule has 0 radical (unpaired) electrons. The first-order valence-corrected chi connectivity index (χ1v) is 9.63. The fourth-order valence-electron chi connectivity index (χ4n) is 4.00. The van der Waals surface area contributed by atoms with Crippen molar-refractivity contribution in [2.24, 2.45) is 11.8 Å². The van der Waals surface area contributed by atoms with E-state index in [0.29, 0.717) is 0 Å². The second-order valence-corrected chi connectivity index (χ2v) is 7.46. The van der Waals surface area contributed by atoms with Crippen molar-refractivity contribution in [2.75, 3.05) is 19.7 Å². The second kappa shape index (κ2) is 8.36. The summed E-state index contributed by atoms with van der Waals surface area (Å²) in [5, 5.41) is 11.0. The molecular weight excluding hydrogens is 388 g/mol. The van der Waals surface area contributed by atoms with Crippen molar-refractivity contribution in [1.82, 2.24) is 4.90 Å². The summed E-state index contributed by atoms with van der Waals surface area (Å²) in [5.74, 6) is -2.49. The SMILES string of the molecule is CCOC(=O)C(CC1C(=O)C2CCN1CC2)C(=O)c1ccc(Cl)c([N+](=O)[O-])c1. The van der Waals surface area contributed by atoms with Gasteiger partial charge in [0.25, 0.3) is 5.69 Å². The summed E-state index contributed by atoms with van der Waals surface area (Å²) < 4.78 is 5.06. The van der Waals surface area contributed by atoms with Gasteiger partial charge in [0.15, 0.2) is 11.6 Å². The molecule has 0 amide bonds. The number of nitrogens with zero attached hydrogens (tertiary/aromatic N) is 2. The molecule has 3 fully saturated rings. The molecule has 28 heavy (non-hydrogen) atoms. The predicted molar refractivity (Wildman–Crippen MR) is 100 cm³/mol. The Morgan fingerprint density at radius 1 is 1.36 bits per heavy atom. The lowest BCUT2D eigenvalue weighted by Crippen LogP contribution is -2.56. The van der Waals surface area contributed by atoms with Crippen molar-refractivity contribution in [3.63, 3.8) is 0 Å². The number of hydrogen-bond donors (Lipinski definition) is 0. The van der Waals surface area contributed by atoms with Gasteiger partial charge in [0.1, 0.15) is 10.9 Å². The number of rotatable bonds is 7. The number of halogens is 1. The van der Waals surface area contributed by atoms with Gasteiger partial charge in [0.05, 0.1) is 17.6 Å². The minimum absolute atomic E-state index is 0.00225. The molecule has 2 atom stereocenters. The molecule has 150 valence electrons. The molecule has 3 heterocycles. The van der Waals surface area contributed by atoms with Crippen LogP contribution < -0.4 is 0 Å². The largest absolute Gasteiger partial charge is 0.465 e. The van der Waals surface area contributed by atoms with E-state index in [1.165, 1.54) is 12.1 Å². The highest BCUT2D eigenvalue weighted by molar-refractivity contribution is 6.32. The highest BCUT2D eigenvalue weighted by Crippen LogP contribution is 2.33.